The van der Waals surface area contributed by atoms with Gasteiger partial charge in [0.15, 0.2) is 0 Å². The van der Waals surface area contributed by atoms with Gasteiger partial charge in [0.25, 0.3) is 5.91 Å². The zero-order valence-electron chi connectivity index (χ0n) is 15.2. The molecule has 0 bridgehead atoms. The van der Waals surface area contributed by atoms with Gasteiger partial charge in [-0.25, -0.2) is 4.98 Å². The van der Waals surface area contributed by atoms with Gasteiger partial charge in [-0.3, -0.25) is 9.78 Å². The molecule has 0 spiro atoms. The van der Waals surface area contributed by atoms with Crippen LogP contribution in [0.15, 0.2) is 48.8 Å². The number of halogens is 3. The quantitative estimate of drug-likeness (QED) is 0.712. The van der Waals surface area contributed by atoms with E-state index in [9.17, 15) is 23.1 Å². The lowest BCUT2D eigenvalue weighted by molar-refractivity contribution is -0.137. The number of aliphatic hydroxyl groups excluding tert-OH is 1. The fourth-order valence-corrected chi connectivity index (χ4v) is 2.62. The van der Waals surface area contributed by atoms with Gasteiger partial charge in [0.05, 0.1) is 23.2 Å². The molecule has 2 aromatic heterocycles. The molecule has 5 nitrogen and oxygen atoms in total. The summed E-state index contributed by atoms with van der Waals surface area (Å²) in [4.78, 5) is 20.9. The number of benzene rings is 1. The maximum atomic E-state index is 12.8. The van der Waals surface area contributed by atoms with Crippen LogP contribution in [0.25, 0.3) is 22.0 Å². The molecule has 3 rings (SSSR count). The van der Waals surface area contributed by atoms with Crippen molar-refractivity contribution in [1.82, 2.24) is 15.3 Å². The maximum Gasteiger partial charge on any atom is 0.416 e. The summed E-state index contributed by atoms with van der Waals surface area (Å²) in [6.07, 6.45) is -2.08. The second-order valence-corrected chi connectivity index (χ2v) is 6.53. The van der Waals surface area contributed by atoms with Crippen molar-refractivity contribution in [2.75, 3.05) is 0 Å². The van der Waals surface area contributed by atoms with E-state index in [1.807, 2.05) is 0 Å². The molecular weight excluding hydrogens is 371 g/mol. The molecule has 146 valence electrons. The molecule has 0 aliphatic carbocycles. The number of carbonyl (C=O) groups excluding carboxylic acids is 1. The van der Waals surface area contributed by atoms with E-state index in [-0.39, 0.29) is 5.69 Å². The zero-order chi connectivity index (χ0) is 20.5. The van der Waals surface area contributed by atoms with E-state index >= 15 is 0 Å². The smallest absolute Gasteiger partial charge is 0.391 e. The number of alkyl halides is 3. The molecule has 2 heterocycles. The summed E-state index contributed by atoms with van der Waals surface area (Å²) in [7, 11) is 0. The Hall–Kier alpha value is -3.00. The van der Waals surface area contributed by atoms with E-state index in [1.54, 1.807) is 26.1 Å². The van der Waals surface area contributed by atoms with Crippen LogP contribution in [0.4, 0.5) is 13.2 Å². The van der Waals surface area contributed by atoms with Crippen molar-refractivity contribution < 1.29 is 23.1 Å². The molecule has 0 fully saturated rings. The first kappa shape index (κ1) is 19.8. The lowest BCUT2D eigenvalue weighted by Crippen LogP contribution is -2.40. The van der Waals surface area contributed by atoms with Gasteiger partial charge in [0.1, 0.15) is 5.69 Å². The molecule has 0 saturated carbocycles. The highest BCUT2D eigenvalue weighted by molar-refractivity contribution is 5.98. The lowest BCUT2D eigenvalue weighted by atomic mass is 10.0. The van der Waals surface area contributed by atoms with Gasteiger partial charge in [-0.05, 0) is 43.7 Å². The number of rotatable bonds is 4. The average Bonchev–Trinajstić information content (AvgIpc) is 2.66. The summed E-state index contributed by atoms with van der Waals surface area (Å²) < 4.78 is 38.4. The Kier molecular flexibility index (Phi) is 5.33. The van der Waals surface area contributed by atoms with Gasteiger partial charge in [-0.1, -0.05) is 12.1 Å². The van der Waals surface area contributed by atoms with E-state index in [1.165, 1.54) is 24.4 Å². The van der Waals surface area contributed by atoms with Crippen LogP contribution in [-0.4, -0.2) is 33.1 Å². The number of hydrogen-bond donors (Lipinski definition) is 2. The van der Waals surface area contributed by atoms with Gasteiger partial charge < -0.3 is 10.4 Å². The highest BCUT2D eigenvalue weighted by Crippen LogP contribution is 2.32. The van der Waals surface area contributed by atoms with E-state index in [0.717, 1.165) is 12.1 Å². The highest BCUT2D eigenvalue weighted by Gasteiger charge is 2.30. The number of fused-ring (bicyclic) bond motifs is 1. The van der Waals surface area contributed by atoms with Crippen LogP contribution in [-0.2, 0) is 6.18 Å². The third-order valence-electron chi connectivity index (χ3n) is 4.44. The summed E-state index contributed by atoms with van der Waals surface area (Å²) in [5.74, 6) is -0.453. The van der Waals surface area contributed by atoms with Crippen molar-refractivity contribution in [2.24, 2.45) is 0 Å². The van der Waals surface area contributed by atoms with Crippen LogP contribution in [0, 0.1) is 0 Å². The van der Waals surface area contributed by atoms with Crippen molar-refractivity contribution in [3.63, 3.8) is 0 Å². The Morgan fingerprint density at radius 2 is 1.75 bits per heavy atom. The number of aromatic nitrogens is 2. The molecule has 0 radical (unpaired) electrons. The van der Waals surface area contributed by atoms with Crippen molar-refractivity contribution >= 4 is 16.8 Å². The van der Waals surface area contributed by atoms with Crippen LogP contribution in [0.3, 0.4) is 0 Å². The van der Waals surface area contributed by atoms with Gasteiger partial charge in [-0.15, -0.1) is 0 Å². The van der Waals surface area contributed by atoms with Crippen LogP contribution in [0.2, 0.25) is 0 Å². The predicted octanol–water partition coefficient (Wildman–Crippen LogP) is 3.81. The third-order valence-corrected chi connectivity index (χ3v) is 4.44. The predicted molar refractivity (Wildman–Crippen MR) is 98.6 cm³/mol. The van der Waals surface area contributed by atoms with Crippen LogP contribution >= 0.6 is 0 Å². The summed E-state index contributed by atoms with van der Waals surface area (Å²) in [5, 5.41) is 12.8. The first-order valence-corrected chi connectivity index (χ1v) is 8.58. The monoisotopic (exact) mass is 389 g/mol. The summed E-state index contributed by atoms with van der Waals surface area (Å²) in [5.41, 5.74) is 0.869. The summed E-state index contributed by atoms with van der Waals surface area (Å²) in [6.45, 7) is 3.23. The van der Waals surface area contributed by atoms with Crippen LogP contribution in [0.1, 0.15) is 29.9 Å². The molecular formula is C20H18F3N3O2. The Balaban J connectivity index is 2.01. The molecule has 1 amide bonds. The Morgan fingerprint density at radius 3 is 2.36 bits per heavy atom. The minimum atomic E-state index is -4.42. The van der Waals surface area contributed by atoms with Crippen molar-refractivity contribution in [2.45, 2.75) is 32.2 Å². The number of pyridine rings is 2. The Labute approximate surface area is 159 Å². The largest absolute Gasteiger partial charge is 0.416 e. The molecule has 28 heavy (non-hydrogen) atoms. The fourth-order valence-electron chi connectivity index (χ4n) is 2.62. The normalized spacial score (nSPS) is 13.9. The number of carbonyl (C=O) groups is 1. The number of nitrogens with zero attached hydrogens (tertiary/aromatic N) is 2. The lowest BCUT2D eigenvalue weighted by Gasteiger charge is -2.16. The van der Waals surface area contributed by atoms with Crippen molar-refractivity contribution in [3.05, 3.63) is 60.0 Å². The topological polar surface area (TPSA) is 75.1 Å². The van der Waals surface area contributed by atoms with Gasteiger partial charge >= 0.3 is 6.18 Å². The van der Waals surface area contributed by atoms with Gasteiger partial charge in [0, 0.05) is 23.3 Å². The number of nitrogens with one attached hydrogen (secondary N) is 1. The average molecular weight is 389 g/mol. The van der Waals surface area contributed by atoms with E-state index in [4.69, 9.17) is 0 Å². The van der Waals surface area contributed by atoms with Crippen LogP contribution in [0.5, 0.6) is 0 Å². The SMILES string of the molecule is CC(O)C(C)NC(=O)c1ccc2cncc(-c3ccc(C(F)(F)F)cc3)c2n1. The second-order valence-electron chi connectivity index (χ2n) is 6.53. The number of aliphatic hydroxyl groups is 1. The van der Waals surface area contributed by atoms with Crippen molar-refractivity contribution in [3.8, 4) is 11.1 Å². The molecule has 2 N–H and O–H groups in total. The second kappa shape index (κ2) is 7.55. The van der Waals surface area contributed by atoms with E-state index in [2.05, 4.69) is 15.3 Å². The fraction of sp³-hybridized carbons (Fsp3) is 0.250. The van der Waals surface area contributed by atoms with E-state index < -0.39 is 29.8 Å². The summed E-state index contributed by atoms with van der Waals surface area (Å²) in [6, 6.07) is 7.43. The first-order valence-electron chi connectivity index (χ1n) is 8.58. The highest BCUT2D eigenvalue weighted by atomic mass is 19.4. The minimum Gasteiger partial charge on any atom is -0.391 e. The van der Waals surface area contributed by atoms with Crippen LogP contribution < -0.4 is 5.32 Å². The Bertz CT molecular complexity index is 1000. The molecule has 3 aromatic rings. The van der Waals surface area contributed by atoms with Gasteiger partial charge in [-0.2, -0.15) is 13.2 Å². The van der Waals surface area contributed by atoms with E-state index in [0.29, 0.717) is 22.0 Å². The molecule has 2 atom stereocenters. The van der Waals surface area contributed by atoms with Gasteiger partial charge in [0.2, 0.25) is 0 Å². The molecule has 0 aliphatic rings. The number of hydrogen-bond acceptors (Lipinski definition) is 4. The maximum absolute atomic E-state index is 12.8. The third kappa shape index (κ3) is 4.12. The van der Waals surface area contributed by atoms with Crippen molar-refractivity contribution in [1.29, 1.82) is 0 Å². The molecule has 2 unspecified atom stereocenters. The number of amides is 1. The molecule has 1 aromatic carbocycles. The standard InChI is InChI=1S/C20H18F3N3O2/c1-11(12(2)27)25-19(28)17-8-5-14-9-24-10-16(18(14)26-17)13-3-6-15(7-4-13)20(21,22)23/h3-12,27H,1-2H3,(H,25,28). The first-order chi connectivity index (χ1) is 13.2. The molecule has 0 aliphatic heterocycles. The zero-order valence-corrected chi connectivity index (χ0v) is 15.2. The minimum absolute atomic E-state index is 0.138. The molecule has 0 saturated heterocycles. The summed E-state index contributed by atoms with van der Waals surface area (Å²) >= 11 is 0. The molecule has 8 heteroatoms. The Morgan fingerprint density at radius 1 is 1.07 bits per heavy atom.